The molecular weight excluding hydrogens is 424 g/mol. The molecule has 0 amide bonds. The highest BCUT2D eigenvalue weighted by molar-refractivity contribution is 7.21. The number of halogens is 1. The van der Waals surface area contributed by atoms with Crippen molar-refractivity contribution in [2.24, 2.45) is 4.99 Å². The van der Waals surface area contributed by atoms with Crippen molar-refractivity contribution in [1.29, 1.82) is 0 Å². The van der Waals surface area contributed by atoms with E-state index >= 15 is 0 Å². The molecule has 1 fully saturated rings. The number of nitrogens with zero attached hydrogens (tertiary/aromatic N) is 3. The molecule has 0 atom stereocenters. The van der Waals surface area contributed by atoms with Crippen LogP contribution in [0.3, 0.4) is 0 Å². The molecule has 30 heavy (non-hydrogen) atoms. The van der Waals surface area contributed by atoms with Gasteiger partial charge in [0.25, 0.3) is 0 Å². The zero-order valence-electron chi connectivity index (χ0n) is 17.8. The topological polar surface area (TPSA) is 68.5 Å². The molecule has 0 unspecified atom stereocenters. The average Bonchev–Trinajstić information content (AvgIpc) is 3.11. The lowest BCUT2D eigenvalue weighted by Crippen LogP contribution is -3.04. The third-order valence-electron chi connectivity index (χ3n) is 5.33. The number of ether oxygens (including phenoxy) is 2. The lowest BCUT2D eigenvalue weighted by atomic mass is 9.89. The molecule has 0 radical (unpaired) electrons. The van der Waals surface area contributed by atoms with E-state index in [1.165, 1.54) is 28.9 Å². The third kappa shape index (κ3) is 4.46. The van der Waals surface area contributed by atoms with Gasteiger partial charge < -0.3 is 26.8 Å². The first kappa shape index (κ1) is 22.9. The van der Waals surface area contributed by atoms with E-state index in [1.807, 2.05) is 27.4 Å². The summed E-state index contributed by atoms with van der Waals surface area (Å²) in [5, 5.41) is 1.04. The van der Waals surface area contributed by atoms with Gasteiger partial charge in [-0.2, -0.15) is 0 Å². The maximum atomic E-state index is 12.7. The number of fused-ring (bicyclic) bond motifs is 3. The maximum absolute atomic E-state index is 12.7. The van der Waals surface area contributed by atoms with Crippen molar-refractivity contribution in [2.45, 2.75) is 32.6 Å². The van der Waals surface area contributed by atoms with Crippen LogP contribution in [0.15, 0.2) is 4.99 Å². The van der Waals surface area contributed by atoms with Crippen molar-refractivity contribution in [2.75, 3.05) is 51.9 Å². The van der Waals surface area contributed by atoms with Crippen LogP contribution < -0.4 is 22.2 Å². The minimum Gasteiger partial charge on any atom is -1.00 e. The van der Waals surface area contributed by atoms with Crippen LogP contribution in [-0.2, 0) is 22.3 Å². The first-order valence-corrected chi connectivity index (χ1v) is 11.2. The van der Waals surface area contributed by atoms with Crippen LogP contribution in [0, 0.1) is 0 Å². The van der Waals surface area contributed by atoms with Gasteiger partial charge in [-0.1, -0.05) is 0 Å². The number of hydrogen-bond donors (Lipinski definition) is 1. The zero-order chi connectivity index (χ0) is 20.4. The number of rotatable bonds is 5. The summed E-state index contributed by atoms with van der Waals surface area (Å²) in [5.41, 5.74) is 3.37. The molecular formula is C21H29ClN4O3S. The summed E-state index contributed by atoms with van der Waals surface area (Å²) < 4.78 is 10.9. The number of aromatic nitrogens is 1. The van der Waals surface area contributed by atoms with E-state index in [2.05, 4.69) is 4.90 Å². The summed E-state index contributed by atoms with van der Waals surface area (Å²) in [5.74, 6) is 0.759. The van der Waals surface area contributed by atoms with Crippen LogP contribution in [0.4, 0.5) is 11.5 Å². The van der Waals surface area contributed by atoms with Gasteiger partial charge in [0.2, 0.25) is 0 Å². The van der Waals surface area contributed by atoms with Crippen molar-refractivity contribution in [3.05, 3.63) is 16.0 Å². The molecule has 0 saturated carbocycles. The highest BCUT2D eigenvalue weighted by Crippen LogP contribution is 2.44. The summed E-state index contributed by atoms with van der Waals surface area (Å²) >= 11 is 1.41. The number of pyridine rings is 1. The van der Waals surface area contributed by atoms with Crippen molar-refractivity contribution < 1.29 is 31.6 Å². The van der Waals surface area contributed by atoms with Crippen LogP contribution in [0.1, 0.15) is 40.6 Å². The number of hydrogen-bond acceptors (Lipinski definition) is 7. The standard InChI is InChI=1S/C21H28N4O3S.ClH/c1-4-28-21(26)18-17(22-13-24(2)3)16-14-7-5-6-8-15(14)19(23-20(16)29-18)25-9-11-27-12-10-25;/h13H,4-12H2,1-3H3;1H. The Balaban J connectivity index is 0.00000256. The van der Waals surface area contributed by atoms with Crippen LogP contribution in [0.2, 0.25) is 0 Å². The molecule has 1 saturated heterocycles. The first-order valence-electron chi connectivity index (χ1n) is 10.4. The third-order valence-corrected chi connectivity index (χ3v) is 6.39. The minimum absolute atomic E-state index is 0. The SMILES string of the molecule is CCOC(=O)c1sc2nc(N3CCOCC3)c3c(c2c1N=C[NH+](C)C)CCCC3.[Cl-]. The van der Waals surface area contributed by atoms with Gasteiger partial charge >= 0.3 is 5.97 Å². The largest absolute Gasteiger partial charge is 1.00 e. The van der Waals surface area contributed by atoms with E-state index in [-0.39, 0.29) is 18.4 Å². The van der Waals surface area contributed by atoms with Gasteiger partial charge in [-0.3, -0.25) is 4.90 Å². The molecule has 4 rings (SSSR count). The lowest BCUT2D eigenvalue weighted by molar-refractivity contribution is -0.750. The molecule has 9 heteroatoms. The van der Waals surface area contributed by atoms with Crippen molar-refractivity contribution >= 4 is 45.4 Å². The van der Waals surface area contributed by atoms with Crippen LogP contribution in [0.25, 0.3) is 10.2 Å². The predicted molar refractivity (Wildman–Crippen MR) is 116 cm³/mol. The van der Waals surface area contributed by atoms with Crippen molar-refractivity contribution in [1.82, 2.24) is 4.98 Å². The van der Waals surface area contributed by atoms with Crippen LogP contribution in [-0.4, -0.2) is 64.3 Å². The molecule has 2 aliphatic rings. The number of morpholine rings is 1. The van der Waals surface area contributed by atoms with E-state index in [0.717, 1.165) is 72.2 Å². The molecule has 1 N–H and O–H groups in total. The number of thiophene rings is 1. The molecule has 164 valence electrons. The normalized spacial score (nSPS) is 16.7. The Morgan fingerprint density at radius 1 is 1.27 bits per heavy atom. The Hall–Kier alpha value is -1.74. The van der Waals surface area contributed by atoms with E-state index < -0.39 is 0 Å². The number of carbonyl (C=O) groups is 1. The van der Waals surface area contributed by atoms with E-state index in [4.69, 9.17) is 19.5 Å². The molecule has 1 aliphatic heterocycles. The van der Waals surface area contributed by atoms with Crippen LogP contribution >= 0.6 is 11.3 Å². The van der Waals surface area contributed by atoms with Gasteiger partial charge in [-0.15, -0.1) is 11.3 Å². The quantitative estimate of drug-likeness (QED) is 0.358. The fourth-order valence-corrected chi connectivity index (χ4v) is 5.08. The Morgan fingerprint density at radius 2 is 1.97 bits per heavy atom. The summed E-state index contributed by atoms with van der Waals surface area (Å²) in [7, 11) is 4.01. The second-order valence-corrected chi connectivity index (χ2v) is 8.71. The predicted octanol–water partition coefficient (Wildman–Crippen LogP) is -1.00. The van der Waals surface area contributed by atoms with Crippen molar-refractivity contribution in [3.8, 4) is 0 Å². The fourth-order valence-electron chi connectivity index (χ4n) is 4.04. The molecule has 3 heterocycles. The summed E-state index contributed by atoms with van der Waals surface area (Å²) in [4.78, 5) is 27.3. The zero-order valence-corrected chi connectivity index (χ0v) is 19.4. The number of nitrogens with one attached hydrogen (secondary N) is 1. The summed E-state index contributed by atoms with van der Waals surface area (Å²) in [6, 6.07) is 0. The van der Waals surface area contributed by atoms with Gasteiger partial charge in [-0.05, 0) is 43.7 Å². The Morgan fingerprint density at radius 3 is 2.63 bits per heavy atom. The second kappa shape index (κ2) is 10.0. The Labute approximate surface area is 187 Å². The number of anilines is 1. The summed E-state index contributed by atoms with van der Waals surface area (Å²) in [6.07, 6.45) is 6.18. The average molecular weight is 453 g/mol. The number of carbonyl (C=O) groups excluding carboxylic acids is 1. The molecule has 2 aromatic heterocycles. The minimum atomic E-state index is -0.311. The van der Waals surface area contributed by atoms with Gasteiger partial charge in [0.05, 0.1) is 33.9 Å². The Bertz CT molecular complexity index is 938. The molecule has 0 bridgehead atoms. The van der Waals surface area contributed by atoms with Gasteiger partial charge in [0.1, 0.15) is 21.2 Å². The number of quaternary nitrogens is 1. The highest BCUT2D eigenvalue weighted by atomic mass is 35.5. The maximum Gasteiger partial charge on any atom is 0.350 e. The van der Waals surface area contributed by atoms with Gasteiger partial charge in [0, 0.05) is 18.5 Å². The number of aryl methyl sites for hydroxylation is 1. The molecule has 1 aliphatic carbocycles. The number of esters is 1. The van der Waals surface area contributed by atoms with E-state index in [9.17, 15) is 4.79 Å². The van der Waals surface area contributed by atoms with Gasteiger partial charge in [-0.25, -0.2) is 14.8 Å². The molecule has 2 aromatic rings. The van der Waals surface area contributed by atoms with E-state index in [1.54, 1.807) is 0 Å². The fraction of sp³-hybridized carbons (Fsp3) is 0.571. The second-order valence-electron chi connectivity index (χ2n) is 7.72. The van der Waals surface area contributed by atoms with E-state index in [0.29, 0.717) is 11.5 Å². The Kier molecular flexibility index (Phi) is 7.68. The summed E-state index contributed by atoms with van der Waals surface area (Å²) in [6.45, 7) is 5.35. The molecule has 0 aromatic carbocycles. The smallest absolute Gasteiger partial charge is 0.350 e. The van der Waals surface area contributed by atoms with Crippen LogP contribution in [0.5, 0.6) is 0 Å². The first-order chi connectivity index (χ1) is 14.1. The van der Waals surface area contributed by atoms with Gasteiger partial charge in [0.15, 0.2) is 6.34 Å². The molecule has 7 nitrogen and oxygen atoms in total. The highest BCUT2D eigenvalue weighted by Gasteiger charge is 2.29. The number of aliphatic imine (C=N–C) groups is 1. The lowest BCUT2D eigenvalue weighted by Gasteiger charge is -2.31. The van der Waals surface area contributed by atoms with Crippen molar-refractivity contribution in [3.63, 3.8) is 0 Å². The molecule has 0 spiro atoms. The monoisotopic (exact) mass is 452 g/mol.